The molecule has 0 bridgehead atoms. The van der Waals surface area contributed by atoms with Gasteiger partial charge in [-0.2, -0.15) is 4.52 Å². The molecule has 1 aromatic carbocycles. The third kappa shape index (κ3) is 2.44. The van der Waals surface area contributed by atoms with Crippen molar-refractivity contribution in [2.75, 3.05) is 18.0 Å². The maximum absolute atomic E-state index is 6.20. The summed E-state index contributed by atoms with van der Waals surface area (Å²) in [6.45, 7) is 1.97. The number of hydrogen-bond donors (Lipinski definition) is 0. The van der Waals surface area contributed by atoms with E-state index in [4.69, 9.17) is 26.0 Å². The smallest absolute Gasteiger partial charge is 0.229 e. The molecule has 0 N–H and O–H groups in total. The second-order valence-electron chi connectivity index (χ2n) is 6.27. The van der Waals surface area contributed by atoms with E-state index in [1.54, 1.807) is 6.26 Å². The van der Waals surface area contributed by atoms with Gasteiger partial charge < -0.3 is 9.32 Å². The molecular formula is C18H16ClN5O. The van der Waals surface area contributed by atoms with E-state index in [2.05, 4.69) is 10.00 Å². The van der Waals surface area contributed by atoms with E-state index in [0.29, 0.717) is 16.6 Å². The van der Waals surface area contributed by atoms with Crippen LogP contribution in [-0.4, -0.2) is 32.7 Å². The minimum absolute atomic E-state index is 0.553. The van der Waals surface area contributed by atoms with Gasteiger partial charge in [0.2, 0.25) is 11.8 Å². The topological polar surface area (TPSA) is 59.5 Å². The third-order valence-corrected chi connectivity index (χ3v) is 4.83. The van der Waals surface area contributed by atoms with Crippen LogP contribution in [0.25, 0.3) is 28.1 Å². The highest BCUT2D eigenvalue weighted by Gasteiger charge is 2.21. The Morgan fingerprint density at radius 2 is 1.92 bits per heavy atom. The zero-order valence-corrected chi connectivity index (χ0v) is 14.3. The molecule has 126 valence electrons. The lowest BCUT2D eigenvalue weighted by atomic mass is 10.1. The molecule has 3 aromatic heterocycles. The highest BCUT2D eigenvalue weighted by molar-refractivity contribution is 6.31. The zero-order valence-electron chi connectivity index (χ0n) is 13.5. The number of aromatic nitrogens is 4. The number of nitrogens with zero attached hydrogens (tertiary/aromatic N) is 5. The molecule has 0 amide bonds. The van der Waals surface area contributed by atoms with Crippen molar-refractivity contribution in [3.8, 4) is 11.6 Å². The molecule has 1 saturated heterocycles. The summed E-state index contributed by atoms with van der Waals surface area (Å²) in [5, 5.41) is 6.22. The molecule has 0 saturated carbocycles. The van der Waals surface area contributed by atoms with Gasteiger partial charge >= 0.3 is 0 Å². The van der Waals surface area contributed by atoms with Gasteiger partial charge in [-0.25, -0.2) is 9.97 Å². The van der Waals surface area contributed by atoms with Gasteiger partial charge in [0.1, 0.15) is 0 Å². The second kappa shape index (κ2) is 5.74. The Kier molecular flexibility index (Phi) is 3.38. The number of anilines is 1. The SMILES string of the molecule is Clc1ccc2nc(N3CCCCC3)n3nc(-c4ccco4)nc3c2c1. The Morgan fingerprint density at radius 3 is 2.72 bits per heavy atom. The lowest BCUT2D eigenvalue weighted by Gasteiger charge is -2.27. The van der Waals surface area contributed by atoms with Crippen LogP contribution in [0.2, 0.25) is 5.02 Å². The lowest BCUT2D eigenvalue weighted by molar-refractivity contribution is 0.562. The van der Waals surface area contributed by atoms with Crippen LogP contribution in [0, 0.1) is 0 Å². The van der Waals surface area contributed by atoms with Gasteiger partial charge in [-0.05, 0) is 49.6 Å². The van der Waals surface area contributed by atoms with Crippen molar-refractivity contribution in [2.45, 2.75) is 19.3 Å². The van der Waals surface area contributed by atoms with E-state index in [1.165, 1.54) is 19.3 Å². The minimum atomic E-state index is 0.553. The first-order valence-corrected chi connectivity index (χ1v) is 8.82. The van der Waals surface area contributed by atoms with Gasteiger partial charge in [0.05, 0.1) is 11.8 Å². The van der Waals surface area contributed by atoms with Gasteiger partial charge in [0.15, 0.2) is 11.4 Å². The van der Waals surface area contributed by atoms with Crippen LogP contribution in [-0.2, 0) is 0 Å². The second-order valence-corrected chi connectivity index (χ2v) is 6.71. The Hall–Kier alpha value is -2.60. The number of halogens is 1. The summed E-state index contributed by atoms with van der Waals surface area (Å²) in [4.78, 5) is 11.9. The van der Waals surface area contributed by atoms with Crippen molar-refractivity contribution < 1.29 is 4.42 Å². The molecule has 6 nitrogen and oxygen atoms in total. The summed E-state index contributed by atoms with van der Waals surface area (Å²) in [6, 6.07) is 9.38. The fourth-order valence-electron chi connectivity index (χ4n) is 3.37. The number of fused-ring (bicyclic) bond motifs is 3. The Balaban J connectivity index is 1.80. The molecule has 0 radical (unpaired) electrons. The van der Waals surface area contributed by atoms with Crippen LogP contribution >= 0.6 is 11.6 Å². The predicted octanol–water partition coefficient (Wildman–Crippen LogP) is 4.18. The molecule has 5 rings (SSSR count). The van der Waals surface area contributed by atoms with Crippen LogP contribution in [0.3, 0.4) is 0 Å². The summed E-state index contributed by atoms with van der Waals surface area (Å²) in [7, 11) is 0. The van der Waals surface area contributed by atoms with Crippen molar-refractivity contribution in [3.05, 3.63) is 41.6 Å². The van der Waals surface area contributed by atoms with Crippen molar-refractivity contribution in [1.29, 1.82) is 0 Å². The Morgan fingerprint density at radius 1 is 1.04 bits per heavy atom. The molecule has 1 fully saturated rings. The summed E-state index contributed by atoms with van der Waals surface area (Å²) < 4.78 is 7.29. The number of hydrogen-bond acceptors (Lipinski definition) is 5. The molecule has 0 spiro atoms. The Bertz CT molecular complexity index is 1050. The maximum Gasteiger partial charge on any atom is 0.229 e. The molecule has 0 unspecified atom stereocenters. The Labute approximate surface area is 149 Å². The van der Waals surface area contributed by atoms with Crippen molar-refractivity contribution in [2.24, 2.45) is 0 Å². The number of benzene rings is 1. The van der Waals surface area contributed by atoms with Gasteiger partial charge in [0.25, 0.3) is 0 Å². The van der Waals surface area contributed by atoms with Gasteiger partial charge in [-0.15, -0.1) is 5.10 Å². The van der Waals surface area contributed by atoms with E-state index in [-0.39, 0.29) is 0 Å². The van der Waals surface area contributed by atoms with E-state index in [1.807, 2.05) is 34.8 Å². The quantitative estimate of drug-likeness (QED) is 0.541. The average molecular weight is 354 g/mol. The van der Waals surface area contributed by atoms with E-state index >= 15 is 0 Å². The largest absolute Gasteiger partial charge is 0.461 e. The summed E-state index contributed by atoms with van der Waals surface area (Å²) in [5.74, 6) is 2.02. The monoisotopic (exact) mass is 353 g/mol. The number of furan rings is 1. The molecule has 25 heavy (non-hydrogen) atoms. The number of piperidine rings is 1. The molecule has 0 atom stereocenters. The average Bonchev–Trinajstić information content (AvgIpc) is 3.31. The van der Waals surface area contributed by atoms with Crippen LogP contribution in [0.1, 0.15) is 19.3 Å². The highest BCUT2D eigenvalue weighted by Crippen LogP contribution is 2.28. The van der Waals surface area contributed by atoms with Gasteiger partial charge in [0, 0.05) is 23.5 Å². The van der Waals surface area contributed by atoms with Gasteiger partial charge in [-0.3, -0.25) is 0 Å². The summed E-state index contributed by atoms with van der Waals surface area (Å²) in [5.41, 5.74) is 1.62. The first-order chi connectivity index (χ1) is 12.3. The predicted molar refractivity (Wildman–Crippen MR) is 97.1 cm³/mol. The van der Waals surface area contributed by atoms with E-state index in [0.717, 1.165) is 35.6 Å². The molecule has 4 aromatic rings. The minimum Gasteiger partial charge on any atom is -0.461 e. The van der Waals surface area contributed by atoms with Crippen LogP contribution in [0.4, 0.5) is 5.95 Å². The lowest BCUT2D eigenvalue weighted by Crippen LogP contribution is -2.32. The van der Waals surface area contributed by atoms with Crippen molar-refractivity contribution in [3.63, 3.8) is 0 Å². The molecular weight excluding hydrogens is 338 g/mol. The first kappa shape index (κ1) is 14.7. The van der Waals surface area contributed by atoms with Crippen LogP contribution < -0.4 is 4.90 Å². The first-order valence-electron chi connectivity index (χ1n) is 8.44. The van der Waals surface area contributed by atoms with E-state index in [9.17, 15) is 0 Å². The van der Waals surface area contributed by atoms with Crippen molar-refractivity contribution >= 4 is 34.1 Å². The van der Waals surface area contributed by atoms with Crippen molar-refractivity contribution in [1.82, 2.24) is 19.6 Å². The molecule has 1 aliphatic heterocycles. The van der Waals surface area contributed by atoms with Crippen LogP contribution in [0.5, 0.6) is 0 Å². The normalized spacial score (nSPS) is 15.3. The molecule has 4 heterocycles. The van der Waals surface area contributed by atoms with E-state index < -0.39 is 0 Å². The summed E-state index contributed by atoms with van der Waals surface area (Å²) >= 11 is 6.20. The molecule has 7 heteroatoms. The number of rotatable bonds is 2. The maximum atomic E-state index is 6.20. The third-order valence-electron chi connectivity index (χ3n) is 4.60. The zero-order chi connectivity index (χ0) is 16.8. The van der Waals surface area contributed by atoms with Crippen LogP contribution in [0.15, 0.2) is 41.0 Å². The molecule has 1 aliphatic rings. The molecule has 0 aliphatic carbocycles. The fourth-order valence-corrected chi connectivity index (χ4v) is 3.55. The highest BCUT2D eigenvalue weighted by atomic mass is 35.5. The summed E-state index contributed by atoms with van der Waals surface area (Å²) in [6.07, 6.45) is 5.22. The fraction of sp³-hybridized carbons (Fsp3) is 0.278. The van der Waals surface area contributed by atoms with Gasteiger partial charge in [-0.1, -0.05) is 11.6 Å². The standard InChI is InChI=1S/C18H16ClN5O/c19-12-6-7-14-13(11-12)17-21-16(15-5-4-10-25-15)22-24(17)18(20-14)23-8-2-1-3-9-23/h4-7,10-11H,1-3,8-9H2.